The number of nitro benzene ring substituents is 1. The van der Waals surface area contributed by atoms with Crippen LogP contribution in [-0.4, -0.2) is 47.9 Å². The normalized spacial score (nSPS) is 15.0. The van der Waals surface area contributed by atoms with Gasteiger partial charge in [0.05, 0.1) is 11.0 Å². The first-order valence-corrected chi connectivity index (χ1v) is 9.77. The molecule has 0 aromatic heterocycles. The largest absolute Gasteiger partial charge is 0.486 e. The second-order valence-corrected chi connectivity index (χ2v) is 7.15. The van der Waals surface area contributed by atoms with Crippen LogP contribution >= 0.6 is 0 Å². The molecule has 2 heterocycles. The van der Waals surface area contributed by atoms with Crippen molar-refractivity contribution in [1.82, 2.24) is 10.2 Å². The average molecular weight is 411 g/mol. The molecule has 2 aromatic rings. The Morgan fingerprint density at radius 1 is 1.07 bits per heavy atom. The van der Waals surface area contributed by atoms with E-state index in [1.165, 1.54) is 12.1 Å². The van der Waals surface area contributed by atoms with Crippen molar-refractivity contribution in [3.8, 4) is 11.5 Å². The molecule has 156 valence electrons. The van der Waals surface area contributed by atoms with E-state index in [1.807, 2.05) is 4.90 Å². The Balaban J connectivity index is 1.49. The van der Waals surface area contributed by atoms with Gasteiger partial charge in [0.2, 0.25) is 0 Å². The fourth-order valence-electron chi connectivity index (χ4n) is 3.61. The highest BCUT2D eigenvalue weighted by Crippen LogP contribution is 2.36. The van der Waals surface area contributed by atoms with Crippen molar-refractivity contribution in [3.63, 3.8) is 0 Å². The molecule has 2 aromatic carbocycles. The molecule has 0 spiro atoms. The molecule has 0 unspecified atom stereocenters. The first-order chi connectivity index (χ1) is 14.5. The second kappa shape index (κ2) is 8.40. The Morgan fingerprint density at radius 3 is 2.47 bits per heavy atom. The third-order valence-electron chi connectivity index (χ3n) is 5.12. The highest BCUT2D eigenvalue weighted by Gasteiger charge is 2.26. The molecular weight excluding hydrogens is 390 g/mol. The zero-order valence-electron chi connectivity index (χ0n) is 16.3. The number of ether oxygens (including phenoxy) is 2. The third-order valence-corrected chi connectivity index (χ3v) is 5.12. The number of carbonyl (C=O) groups excluding carboxylic acids is 2. The molecule has 4 rings (SSSR count). The topological polar surface area (TPSA) is 111 Å². The van der Waals surface area contributed by atoms with Crippen LogP contribution in [0.25, 0.3) is 0 Å². The smallest absolute Gasteiger partial charge is 0.286 e. The lowest BCUT2D eigenvalue weighted by Gasteiger charge is -2.19. The van der Waals surface area contributed by atoms with Crippen LogP contribution in [0.3, 0.4) is 0 Å². The summed E-state index contributed by atoms with van der Waals surface area (Å²) in [5.74, 6) is -0.0778. The summed E-state index contributed by atoms with van der Waals surface area (Å²) >= 11 is 0. The van der Waals surface area contributed by atoms with Crippen molar-refractivity contribution in [3.05, 3.63) is 63.2 Å². The monoisotopic (exact) mass is 411 g/mol. The zero-order valence-corrected chi connectivity index (χ0v) is 16.3. The third kappa shape index (κ3) is 4.05. The first-order valence-electron chi connectivity index (χ1n) is 9.77. The number of nitrogens with zero attached hydrogens (tertiary/aromatic N) is 2. The van der Waals surface area contributed by atoms with Crippen LogP contribution in [-0.2, 0) is 6.54 Å². The van der Waals surface area contributed by atoms with Crippen LogP contribution in [0.15, 0.2) is 36.4 Å². The number of rotatable bonds is 5. The summed E-state index contributed by atoms with van der Waals surface area (Å²) in [5, 5.41) is 14.1. The van der Waals surface area contributed by atoms with Crippen molar-refractivity contribution >= 4 is 17.5 Å². The lowest BCUT2D eigenvalue weighted by atomic mass is 10.1. The lowest BCUT2D eigenvalue weighted by molar-refractivity contribution is -0.385. The minimum Gasteiger partial charge on any atom is -0.486 e. The number of hydrogen-bond acceptors (Lipinski definition) is 6. The molecule has 9 nitrogen and oxygen atoms in total. The van der Waals surface area contributed by atoms with Gasteiger partial charge in [-0.1, -0.05) is 12.1 Å². The predicted octanol–water partition coefficient (Wildman–Crippen LogP) is 2.53. The summed E-state index contributed by atoms with van der Waals surface area (Å²) in [6.45, 7) is 2.25. The van der Waals surface area contributed by atoms with E-state index in [4.69, 9.17) is 9.47 Å². The summed E-state index contributed by atoms with van der Waals surface area (Å²) < 4.78 is 10.8. The molecule has 1 N–H and O–H groups in total. The van der Waals surface area contributed by atoms with Gasteiger partial charge >= 0.3 is 0 Å². The number of carbonyl (C=O) groups is 2. The number of fused-ring (bicyclic) bond motifs is 1. The van der Waals surface area contributed by atoms with Crippen molar-refractivity contribution in [2.45, 2.75) is 19.4 Å². The van der Waals surface area contributed by atoms with Gasteiger partial charge < -0.3 is 19.7 Å². The number of likely N-dealkylation sites (tertiary alicyclic amines) is 1. The Bertz CT molecular complexity index is 1000. The van der Waals surface area contributed by atoms with E-state index in [1.54, 1.807) is 24.3 Å². The Kier molecular flexibility index (Phi) is 5.51. The van der Waals surface area contributed by atoms with Gasteiger partial charge in [-0.3, -0.25) is 19.7 Å². The van der Waals surface area contributed by atoms with E-state index in [2.05, 4.69) is 5.32 Å². The van der Waals surface area contributed by atoms with E-state index in [9.17, 15) is 19.7 Å². The number of hydrogen-bond donors (Lipinski definition) is 1. The Labute approximate surface area is 172 Å². The zero-order chi connectivity index (χ0) is 21.1. The molecule has 0 radical (unpaired) electrons. The van der Waals surface area contributed by atoms with E-state index in [0.29, 0.717) is 24.5 Å². The molecule has 2 aliphatic heterocycles. The minimum absolute atomic E-state index is 0.0249. The lowest BCUT2D eigenvalue weighted by Crippen LogP contribution is -2.28. The van der Waals surface area contributed by atoms with Crippen molar-refractivity contribution < 1.29 is 24.0 Å². The first kappa shape index (κ1) is 19.7. The minimum atomic E-state index is -0.623. The van der Waals surface area contributed by atoms with Gasteiger partial charge in [-0.05, 0) is 30.5 Å². The molecular formula is C21H21N3O6. The molecule has 0 bridgehead atoms. The molecule has 0 atom stereocenters. The predicted molar refractivity (Wildman–Crippen MR) is 107 cm³/mol. The summed E-state index contributed by atoms with van der Waals surface area (Å²) in [6, 6.07) is 9.57. The Morgan fingerprint density at radius 2 is 1.77 bits per heavy atom. The van der Waals surface area contributed by atoms with E-state index in [0.717, 1.165) is 31.5 Å². The number of benzene rings is 2. The quantitative estimate of drug-likeness (QED) is 0.598. The maximum atomic E-state index is 12.7. The fourth-order valence-corrected chi connectivity index (χ4v) is 3.61. The summed E-state index contributed by atoms with van der Waals surface area (Å²) in [5.41, 5.74) is 0.839. The molecule has 9 heteroatoms. The molecule has 2 amide bonds. The Hall–Kier alpha value is -3.62. The van der Waals surface area contributed by atoms with Gasteiger partial charge in [-0.15, -0.1) is 0 Å². The molecule has 1 fully saturated rings. The molecule has 1 saturated heterocycles. The van der Waals surface area contributed by atoms with Crippen LogP contribution in [0.5, 0.6) is 11.5 Å². The summed E-state index contributed by atoms with van der Waals surface area (Å²) in [7, 11) is 0. The standard InChI is InChI=1S/C21H21N3O6/c25-20(16-11-18-19(30-9-8-29-18)12-17(16)24(27)28)22-13-14-4-3-5-15(10-14)21(26)23-6-1-2-7-23/h3-5,10-12H,1-2,6-9,13H2,(H,22,25). The summed E-state index contributed by atoms with van der Waals surface area (Å²) in [6.07, 6.45) is 2.02. The van der Waals surface area contributed by atoms with Gasteiger partial charge in [0.15, 0.2) is 11.5 Å². The van der Waals surface area contributed by atoms with Crippen LogP contribution in [0.2, 0.25) is 0 Å². The van der Waals surface area contributed by atoms with Crippen LogP contribution in [0.4, 0.5) is 5.69 Å². The van der Waals surface area contributed by atoms with Crippen molar-refractivity contribution in [1.29, 1.82) is 0 Å². The fraction of sp³-hybridized carbons (Fsp3) is 0.333. The van der Waals surface area contributed by atoms with E-state index >= 15 is 0 Å². The highest BCUT2D eigenvalue weighted by atomic mass is 16.6. The van der Waals surface area contributed by atoms with Crippen LogP contribution in [0, 0.1) is 10.1 Å². The van der Waals surface area contributed by atoms with E-state index < -0.39 is 10.8 Å². The van der Waals surface area contributed by atoms with E-state index in [-0.39, 0.29) is 29.5 Å². The maximum absolute atomic E-state index is 12.7. The SMILES string of the molecule is O=C(NCc1cccc(C(=O)N2CCCC2)c1)c1cc2c(cc1[N+](=O)[O-])OCCO2. The number of amides is 2. The van der Waals surface area contributed by atoms with Gasteiger partial charge in [0.1, 0.15) is 18.8 Å². The second-order valence-electron chi connectivity index (χ2n) is 7.15. The molecule has 2 aliphatic rings. The summed E-state index contributed by atoms with van der Waals surface area (Å²) in [4.78, 5) is 37.8. The molecule has 0 saturated carbocycles. The molecule has 0 aliphatic carbocycles. The van der Waals surface area contributed by atoms with Crippen molar-refractivity contribution in [2.75, 3.05) is 26.3 Å². The van der Waals surface area contributed by atoms with Crippen LogP contribution in [0.1, 0.15) is 39.1 Å². The number of nitro groups is 1. The average Bonchev–Trinajstić information content (AvgIpc) is 3.31. The number of nitrogens with one attached hydrogen (secondary N) is 1. The van der Waals surface area contributed by atoms with Crippen molar-refractivity contribution in [2.24, 2.45) is 0 Å². The van der Waals surface area contributed by atoms with Gasteiger partial charge in [-0.2, -0.15) is 0 Å². The molecule has 30 heavy (non-hydrogen) atoms. The van der Waals surface area contributed by atoms with Gasteiger partial charge in [-0.25, -0.2) is 0 Å². The maximum Gasteiger partial charge on any atom is 0.286 e. The van der Waals surface area contributed by atoms with Gasteiger partial charge in [0.25, 0.3) is 17.5 Å². The van der Waals surface area contributed by atoms with Crippen LogP contribution < -0.4 is 14.8 Å². The van der Waals surface area contributed by atoms with Gasteiger partial charge in [0, 0.05) is 31.3 Å². The highest BCUT2D eigenvalue weighted by molar-refractivity contribution is 5.99.